The number of aryl methyl sites for hydroxylation is 2. The molecule has 4 rings (SSSR count). The first kappa shape index (κ1) is 21.6. The molecule has 0 aliphatic heterocycles. The van der Waals surface area contributed by atoms with Crippen molar-refractivity contribution in [2.45, 2.75) is 19.0 Å². The molecule has 1 amide bonds. The number of aromatic nitrogens is 4. The monoisotopic (exact) mass is 449 g/mol. The van der Waals surface area contributed by atoms with E-state index in [1.807, 2.05) is 50.2 Å². The van der Waals surface area contributed by atoms with Crippen molar-refractivity contribution in [3.8, 4) is 11.4 Å². The smallest absolute Gasteiger partial charge is 0.266 e. The number of hydrogen-bond acceptors (Lipinski definition) is 6. The fraction of sp³-hybridized carbons (Fsp3) is 0.217. The van der Waals surface area contributed by atoms with Gasteiger partial charge in [0, 0.05) is 13.1 Å². The molecule has 0 saturated carbocycles. The average Bonchev–Trinajstić information content (AvgIpc) is 3.10. The van der Waals surface area contributed by atoms with Gasteiger partial charge in [0.1, 0.15) is 11.6 Å². The number of benzene rings is 2. The number of hydrogen-bond donors (Lipinski definition) is 1. The van der Waals surface area contributed by atoms with Crippen molar-refractivity contribution in [1.29, 1.82) is 0 Å². The molecule has 0 spiro atoms. The van der Waals surface area contributed by atoms with Gasteiger partial charge in [0.2, 0.25) is 5.91 Å². The van der Waals surface area contributed by atoms with E-state index in [1.54, 1.807) is 29.9 Å². The first-order valence-corrected chi connectivity index (χ1v) is 11.1. The second kappa shape index (κ2) is 9.27. The lowest BCUT2D eigenvalue weighted by Gasteiger charge is -2.14. The van der Waals surface area contributed by atoms with Crippen molar-refractivity contribution < 1.29 is 9.53 Å². The van der Waals surface area contributed by atoms with E-state index in [2.05, 4.69) is 15.4 Å². The van der Waals surface area contributed by atoms with Crippen LogP contribution in [0.15, 0.2) is 64.5 Å². The SMILES string of the molecule is CCOc1ccc(-n2c(SCC(=O)Nc3cc(C)nn3C)nc3ccccc3c2=O)cc1. The molecule has 8 nitrogen and oxygen atoms in total. The molecule has 0 aliphatic carbocycles. The molecule has 0 unspecified atom stereocenters. The number of carbonyl (C=O) groups excluding carboxylic acids is 1. The van der Waals surface area contributed by atoms with E-state index in [4.69, 9.17) is 4.74 Å². The molecular formula is C23H23N5O3S. The summed E-state index contributed by atoms with van der Waals surface area (Å²) in [5.74, 6) is 1.21. The van der Waals surface area contributed by atoms with Crippen molar-refractivity contribution in [2.24, 2.45) is 7.05 Å². The van der Waals surface area contributed by atoms with E-state index < -0.39 is 0 Å². The third kappa shape index (κ3) is 4.52. The zero-order valence-electron chi connectivity index (χ0n) is 18.0. The molecular weight excluding hydrogens is 426 g/mol. The Morgan fingerprint density at radius 2 is 1.91 bits per heavy atom. The predicted molar refractivity (Wildman–Crippen MR) is 126 cm³/mol. The van der Waals surface area contributed by atoms with Crippen LogP contribution in [-0.2, 0) is 11.8 Å². The maximum absolute atomic E-state index is 13.3. The van der Waals surface area contributed by atoms with Crippen LogP contribution in [0.5, 0.6) is 5.75 Å². The molecule has 0 aliphatic rings. The summed E-state index contributed by atoms with van der Waals surface area (Å²) in [6, 6.07) is 16.2. The summed E-state index contributed by atoms with van der Waals surface area (Å²) in [6.07, 6.45) is 0. The number of carbonyl (C=O) groups is 1. The van der Waals surface area contributed by atoms with E-state index in [0.29, 0.717) is 34.2 Å². The summed E-state index contributed by atoms with van der Waals surface area (Å²) in [4.78, 5) is 30.5. The van der Waals surface area contributed by atoms with Crippen LogP contribution in [0.1, 0.15) is 12.6 Å². The molecule has 2 heterocycles. The van der Waals surface area contributed by atoms with E-state index in [9.17, 15) is 9.59 Å². The Bertz CT molecular complexity index is 1330. The number of ether oxygens (including phenoxy) is 1. The molecule has 2 aromatic heterocycles. The quantitative estimate of drug-likeness (QED) is 0.343. The first-order chi connectivity index (χ1) is 15.5. The summed E-state index contributed by atoms with van der Waals surface area (Å²) in [5.41, 5.74) is 1.87. The second-order valence-electron chi connectivity index (χ2n) is 7.11. The molecule has 9 heteroatoms. The van der Waals surface area contributed by atoms with Gasteiger partial charge in [0.15, 0.2) is 5.16 Å². The van der Waals surface area contributed by atoms with E-state index in [1.165, 1.54) is 16.3 Å². The number of amides is 1. The van der Waals surface area contributed by atoms with Gasteiger partial charge in [-0.1, -0.05) is 23.9 Å². The van der Waals surface area contributed by atoms with Crippen molar-refractivity contribution in [2.75, 3.05) is 17.7 Å². The molecule has 0 saturated heterocycles. The molecule has 4 aromatic rings. The van der Waals surface area contributed by atoms with Gasteiger partial charge in [-0.05, 0) is 50.2 Å². The minimum atomic E-state index is -0.210. The number of nitrogens with one attached hydrogen (secondary N) is 1. The Morgan fingerprint density at radius 3 is 2.59 bits per heavy atom. The van der Waals surface area contributed by atoms with Gasteiger partial charge in [-0.15, -0.1) is 0 Å². The highest BCUT2D eigenvalue weighted by atomic mass is 32.2. The number of nitrogens with zero attached hydrogens (tertiary/aromatic N) is 4. The minimum absolute atomic E-state index is 0.0893. The molecule has 32 heavy (non-hydrogen) atoms. The fourth-order valence-electron chi connectivity index (χ4n) is 3.33. The molecule has 1 N–H and O–H groups in total. The van der Waals surface area contributed by atoms with Crippen LogP contribution >= 0.6 is 11.8 Å². The number of thioether (sulfide) groups is 1. The zero-order valence-corrected chi connectivity index (χ0v) is 18.8. The van der Waals surface area contributed by atoms with Gasteiger partial charge in [-0.25, -0.2) is 4.98 Å². The third-order valence-corrected chi connectivity index (χ3v) is 5.69. The largest absolute Gasteiger partial charge is 0.494 e. The van der Waals surface area contributed by atoms with Gasteiger partial charge < -0.3 is 10.1 Å². The van der Waals surface area contributed by atoms with E-state index >= 15 is 0 Å². The fourth-order valence-corrected chi connectivity index (χ4v) is 4.14. The summed E-state index contributed by atoms with van der Waals surface area (Å²) >= 11 is 1.20. The maximum Gasteiger partial charge on any atom is 0.266 e. The van der Waals surface area contributed by atoms with Crippen molar-refractivity contribution in [3.63, 3.8) is 0 Å². The van der Waals surface area contributed by atoms with Gasteiger partial charge in [-0.3, -0.25) is 18.8 Å². The summed E-state index contributed by atoms with van der Waals surface area (Å²) < 4.78 is 8.65. The lowest BCUT2D eigenvalue weighted by molar-refractivity contribution is -0.113. The molecule has 0 fully saturated rings. The number of anilines is 1. The molecule has 0 radical (unpaired) electrons. The summed E-state index contributed by atoms with van der Waals surface area (Å²) in [5, 5.41) is 8.03. The Kier molecular flexibility index (Phi) is 6.27. The first-order valence-electron chi connectivity index (χ1n) is 10.1. The minimum Gasteiger partial charge on any atom is -0.494 e. The maximum atomic E-state index is 13.3. The normalized spacial score (nSPS) is 11.0. The molecule has 2 aromatic carbocycles. The van der Waals surface area contributed by atoms with Crippen LogP contribution in [0.2, 0.25) is 0 Å². The van der Waals surface area contributed by atoms with Crippen LogP contribution in [0, 0.1) is 6.92 Å². The average molecular weight is 450 g/mol. The molecule has 164 valence electrons. The highest BCUT2D eigenvalue weighted by molar-refractivity contribution is 7.99. The van der Waals surface area contributed by atoms with Crippen LogP contribution in [0.25, 0.3) is 16.6 Å². The van der Waals surface area contributed by atoms with Crippen LogP contribution < -0.4 is 15.6 Å². The zero-order chi connectivity index (χ0) is 22.7. The van der Waals surface area contributed by atoms with Crippen LogP contribution in [-0.4, -0.2) is 37.6 Å². The lowest BCUT2D eigenvalue weighted by atomic mass is 10.2. The second-order valence-corrected chi connectivity index (χ2v) is 8.05. The number of rotatable bonds is 7. The lowest BCUT2D eigenvalue weighted by Crippen LogP contribution is -2.23. The van der Waals surface area contributed by atoms with Crippen molar-refractivity contribution >= 4 is 34.4 Å². The number of fused-ring (bicyclic) bond motifs is 1. The van der Waals surface area contributed by atoms with Crippen LogP contribution in [0.4, 0.5) is 5.82 Å². The van der Waals surface area contributed by atoms with Gasteiger partial charge >= 0.3 is 0 Å². The number of para-hydroxylation sites is 1. The van der Waals surface area contributed by atoms with E-state index in [0.717, 1.165) is 11.4 Å². The Balaban J connectivity index is 1.66. The summed E-state index contributed by atoms with van der Waals surface area (Å²) in [6.45, 7) is 4.33. The third-order valence-electron chi connectivity index (χ3n) is 4.75. The van der Waals surface area contributed by atoms with Gasteiger partial charge in [0.05, 0.1) is 34.6 Å². The Labute approximate surface area is 189 Å². The Hall–Kier alpha value is -3.59. The summed E-state index contributed by atoms with van der Waals surface area (Å²) in [7, 11) is 1.77. The predicted octanol–water partition coefficient (Wildman–Crippen LogP) is 3.56. The Morgan fingerprint density at radius 1 is 1.16 bits per heavy atom. The van der Waals surface area contributed by atoms with Crippen LogP contribution in [0.3, 0.4) is 0 Å². The highest BCUT2D eigenvalue weighted by Crippen LogP contribution is 2.23. The van der Waals surface area contributed by atoms with E-state index in [-0.39, 0.29) is 17.2 Å². The molecule has 0 bridgehead atoms. The van der Waals surface area contributed by atoms with Crippen molar-refractivity contribution in [3.05, 3.63) is 70.6 Å². The van der Waals surface area contributed by atoms with Crippen molar-refractivity contribution in [1.82, 2.24) is 19.3 Å². The molecule has 0 atom stereocenters. The van der Waals surface area contributed by atoms with Gasteiger partial charge in [-0.2, -0.15) is 5.10 Å². The standard InChI is InChI=1S/C23H23N5O3S/c1-4-31-17-11-9-16(10-12-17)28-22(30)18-7-5-6-8-19(18)24-23(28)32-14-21(29)25-20-13-15(2)26-27(20)3/h5-13H,4,14H2,1-3H3,(H,25,29). The highest BCUT2D eigenvalue weighted by Gasteiger charge is 2.16. The van der Waals surface area contributed by atoms with Gasteiger partial charge in [0.25, 0.3) is 5.56 Å². The topological polar surface area (TPSA) is 91.0 Å².